The van der Waals surface area contributed by atoms with Gasteiger partial charge in [-0.2, -0.15) is 0 Å². The van der Waals surface area contributed by atoms with E-state index in [0.29, 0.717) is 12.3 Å². The summed E-state index contributed by atoms with van der Waals surface area (Å²) in [5, 5.41) is 18.2. The number of hydrogen-bond acceptors (Lipinski definition) is 4. The lowest BCUT2D eigenvalue weighted by Crippen LogP contribution is -2.00. The third kappa shape index (κ3) is 2.98. The third-order valence-corrected chi connectivity index (χ3v) is 4.93. The van der Waals surface area contributed by atoms with Crippen molar-refractivity contribution in [2.75, 3.05) is 5.75 Å². The van der Waals surface area contributed by atoms with Gasteiger partial charge in [0, 0.05) is 5.75 Å². The molecule has 7 heteroatoms. The lowest BCUT2D eigenvalue weighted by Gasteiger charge is -2.04. The van der Waals surface area contributed by atoms with Gasteiger partial charge in [0.2, 0.25) is 5.78 Å². The number of carboxylic acids is 1. The third-order valence-electron chi connectivity index (χ3n) is 4.00. The summed E-state index contributed by atoms with van der Waals surface area (Å²) in [7, 11) is 0. The van der Waals surface area contributed by atoms with E-state index in [0.717, 1.165) is 22.0 Å². The maximum atomic E-state index is 10.8. The second kappa shape index (κ2) is 6.60. The number of aromatic nitrogens is 4. The number of nitrogens with zero attached hydrogens (tertiary/aromatic N) is 4. The Morgan fingerprint density at radius 3 is 2.48 bits per heavy atom. The second-order valence-electron chi connectivity index (χ2n) is 5.67. The number of carbonyl (C=O) groups is 1. The van der Waals surface area contributed by atoms with Gasteiger partial charge >= 0.3 is 5.97 Å². The number of hydrogen-bond donors (Lipinski definition) is 1. The van der Waals surface area contributed by atoms with Crippen LogP contribution in [0.4, 0.5) is 0 Å². The second-order valence-corrected chi connectivity index (χ2v) is 6.73. The molecular weight excluding hydrogens is 336 g/mol. The van der Waals surface area contributed by atoms with Gasteiger partial charge in [-0.05, 0) is 17.7 Å². The highest BCUT2D eigenvalue weighted by Gasteiger charge is 2.17. The van der Waals surface area contributed by atoms with Crippen LogP contribution in [-0.4, -0.2) is 36.0 Å². The van der Waals surface area contributed by atoms with E-state index in [4.69, 9.17) is 5.11 Å². The summed E-state index contributed by atoms with van der Waals surface area (Å²) >= 11 is 1.41. The fourth-order valence-electron chi connectivity index (χ4n) is 2.88. The van der Waals surface area contributed by atoms with Gasteiger partial charge in [-0.3, -0.25) is 9.20 Å². The highest BCUT2D eigenvalue weighted by molar-refractivity contribution is 7.99. The van der Waals surface area contributed by atoms with E-state index in [1.54, 1.807) is 0 Å². The van der Waals surface area contributed by atoms with E-state index < -0.39 is 5.97 Å². The summed E-state index contributed by atoms with van der Waals surface area (Å²) in [5.41, 5.74) is 3.29. The van der Waals surface area contributed by atoms with E-state index in [1.807, 2.05) is 40.8 Å². The molecule has 0 radical (unpaired) electrons. The number of imidazole rings is 1. The Bertz CT molecular complexity index is 1040. The molecule has 126 valence electrons. The van der Waals surface area contributed by atoms with Crippen LogP contribution < -0.4 is 0 Å². The summed E-state index contributed by atoms with van der Waals surface area (Å²) < 4.78 is 4.14. The molecule has 0 aliphatic heterocycles. The van der Waals surface area contributed by atoms with Crippen molar-refractivity contribution in [2.24, 2.45) is 0 Å². The van der Waals surface area contributed by atoms with Crippen LogP contribution in [0.5, 0.6) is 0 Å². The van der Waals surface area contributed by atoms with E-state index in [9.17, 15) is 4.79 Å². The van der Waals surface area contributed by atoms with Crippen LogP contribution in [-0.2, 0) is 11.3 Å². The van der Waals surface area contributed by atoms with Crippen molar-refractivity contribution in [2.45, 2.75) is 18.1 Å². The van der Waals surface area contributed by atoms with Crippen LogP contribution in [0.3, 0.4) is 0 Å². The zero-order valence-electron chi connectivity index (χ0n) is 13.4. The maximum absolute atomic E-state index is 10.8. The van der Waals surface area contributed by atoms with Gasteiger partial charge < -0.3 is 9.67 Å². The average molecular weight is 352 g/mol. The van der Waals surface area contributed by atoms with Gasteiger partial charge in [0.25, 0.3) is 0 Å². The molecule has 0 unspecified atom stereocenters. The molecule has 2 aromatic carbocycles. The topological polar surface area (TPSA) is 72.4 Å². The van der Waals surface area contributed by atoms with Crippen molar-refractivity contribution >= 4 is 34.5 Å². The summed E-state index contributed by atoms with van der Waals surface area (Å²) in [6.45, 7) is 0.704. The summed E-state index contributed by atoms with van der Waals surface area (Å²) in [5.74, 6) is 0.427. The van der Waals surface area contributed by atoms with Crippen molar-refractivity contribution < 1.29 is 9.90 Å². The Hall–Kier alpha value is -2.80. The molecule has 0 atom stereocenters. The zero-order valence-corrected chi connectivity index (χ0v) is 14.2. The smallest absolute Gasteiger partial charge is 0.304 e. The van der Waals surface area contributed by atoms with Gasteiger partial charge in [-0.15, -0.1) is 10.2 Å². The van der Waals surface area contributed by atoms with Crippen molar-refractivity contribution in [1.29, 1.82) is 0 Å². The fourth-order valence-corrected chi connectivity index (χ4v) is 3.75. The summed E-state index contributed by atoms with van der Waals surface area (Å²) in [6, 6.07) is 18.3. The first-order valence-electron chi connectivity index (χ1n) is 7.95. The average Bonchev–Trinajstić information content (AvgIpc) is 3.16. The Morgan fingerprint density at radius 2 is 1.72 bits per heavy atom. The SMILES string of the molecule is O=C(O)CCSc1nnc2n(Cc3ccccc3)c3ccccc3n12. The zero-order chi connectivity index (χ0) is 17.2. The molecule has 0 fully saturated rings. The highest BCUT2D eigenvalue weighted by Crippen LogP contribution is 2.26. The fraction of sp³-hybridized carbons (Fsp3) is 0.167. The molecule has 0 aliphatic carbocycles. The lowest BCUT2D eigenvalue weighted by molar-refractivity contribution is -0.136. The molecule has 6 nitrogen and oxygen atoms in total. The molecule has 4 aromatic rings. The Kier molecular flexibility index (Phi) is 4.15. The standard InChI is InChI=1S/C18H16N4O2S/c23-16(24)10-11-25-18-20-19-17-21(12-13-6-2-1-3-7-13)14-8-4-5-9-15(14)22(17)18/h1-9H,10-12H2,(H,23,24). The number of para-hydroxylation sites is 2. The van der Waals surface area contributed by atoms with E-state index in [-0.39, 0.29) is 6.42 Å². The number of fused-ring (bicyclic) bond motifs is 3. The quantitative estimate of drug-likeness (QED) is 0.539. The highest BCUT2D eigenvalue weighted by atomic mass is 32.2. The number of aliphatic carboxylic acids is 1. The van der Waals surface area contributed by atoms with Crippen molar-refractivity contribution in [1.82, 2.24) is 19.2 Å². The summed E-state index contributed by atoms with van der Waals surface area (Å²) in [4.78, 5) is 10.8. The largest absolute Gasteiger partial charge is 0.481 e. The number of thioether (sulfide) groups is 1. The molecular formula is C18H16N4O2S. The molecule has 0 bridgehead atoms. The number of benzene rings is 2. The van der Waals surface area contributed by atoms with Crippen LogP contribution in [0, 0.1) is 0 Å². The van der Waals surface area contributed by atoms with E-state index >= 15 is 0 Å². The van der Waals surface area contributed by atoms with Gasteiger partial charge in [-0.1, -0.05) is 54.2 Å². The van der Waals surface area contributed by atoms with Crippen molar-refractivity contribution in [3.8, 4) is 0 Å². The van der Waals surface area contributed by atoms with Gasteiger partial charge in [0.05, 0.1) is 24.0 Å². The van der Waals surface area contributed by atoms with E-state index in [2.05, 4.69) is 33.0 Å². The minimum absolute atomic E-state index is 0.0994. The van der Waals surface area contributed by atoms with Crippen LogP contribution in [0.2, 0.25) is 0 Å². The normalized spacial score (nSPS) is 11.4. The molecule has 0 amide bonds. The van der Waals surface area contributed by atoms with Gasteiger partial charge in [-0.25, -0.2) is 0 Å². The number of carboxylic acid groups (broad SMARTS) is 1. The molecule has 0 aliphatic rings. The first-order chi connectivity index (χ1) is 12.2. The lowest BCUT2D eigenvalue weighted by atomic mass is 10.2. The van der Waals surface area contributed by atoms with Gasteiger partial charge in [0.15, 0.2) is 5.16 Å². The predicted molar refractivity (Wildman–Crippen MR) is 97.0 cm³/mol. The van der Waals surface area contributed by atoms with E-state index in [1.165, 1.54) is 17.3 Å². The Labute approximate surface area is 148 Å². The van der Waals surface area contributed by atoms with Crippen LogP contribution in [0.25, 0.3) is 16.8 Å². The van der Waals surface area contributed by atoms with Gasteiger partial charge in [0.1, 0.15) is 0 Å². The van der Waals surface area contributed by atoms with Crippen LogP contribution in [0.1, 0.15) is 12.0 Å². The minimum atomic E-state index is -0.806. The maximum Gasteiger partial charge on any atom is 0.304 e. The monoisotopic (exact) mass is 352 g/mol. The predicted octanol–water partition coefficient (Wildman–Crippen LogP) is 3.30. The van der Waals surface area contributed by atoms with Crippen molar-refractivity contribution in [3.63, 3.8) is 0 Å². The molecule has 0 saturated heterocycles. The molecule has 1 N–H and O–H groups in total. The molecule has 25 heavy (non-hydrogen) atoms. The van der Waals surface area contributed by atoms with Crippen LogP contribution >= 0.6 is 11.8 Å². The van der Waals surface area contributed by atoms with Crippen molar-refractivity contribution in [3.05, 3.63) is 60.2 Å². The molecule has 4 rings (SSSR count). The molecule has 0 spiro atoms. The molecule has 0 saturated carbocycles. The Morgan fingerprint density at radius 1 is 1.00 bits per heavy atom. The molecule has 2 heterocycles. The first-order valence-corrected chi connectivity index (χ1v) is 8.93. The first kappa shape index (κ1) is 15.7. The Balaban J connectivity index is 1.79. The minimum Gasteiger partial charge on any atom is -0.481 e. The molecule has 2 aromatic heterocycles. The van der Waals surface area contributed by atoms with Crippen LogP contribution in [0.15, 0.2) is 59.8 Å². The number of rotatable bonds is 6. The summed E-state index contributed by atoms with van der Waals surface area (Å²) in [6.07, 6.45) is 0.0994.